The molecule has 1 N–H and O–H groups in total. The second kappa shape index (κ2) is 9.89. The van der Waals surface area contributed by atoms with Crippen LogP contribution in [0.2, 0.25) is 5.02 Å². The number of carbonyl (C=O) groups excluding carboxylic acids is 1. The predicted octanol–water partition coefficient (Wildman–Crippen LogP) is 5.46. The zero-order valence-electron chi connectivity index (χ0n) is 18.8. The Morgan fingerprint density at radius 2 is 1.79 bits per heavy atom. The van der Waals surface area contributed by atoms with Crippen LogP contribution >= 0.6 is 11.6 Å². The SMILES string of the molecule is COc1ccc(NC(=O)COc2c(-c3ccccc3)oc3cc(C)c(Cl)cc3c2=O)c(OC)c1. The predicted molar refractivity (Wildman–Crippen MR) is 131 cm³/mol. The van der Waals surface area contributed by atoms with Crippen LogP contribution < -0.4 is 25.0 Å². The number of nitrogens with one attached hydrogen (secondary N) is 1. The molecule has 1 aromatic heterocycles. The van der Waals surface area contributed by atoms with Gasteiger partial charge in [0.05, 0.1) is 25.3 Å². The number of hydrogen-bond acceptors (Lipinski definition) is 6. The van der Waals surface area contributed by atoms with E-state index in [2.05, 4.69) is 5.32 Å². The van der Waals surface area contributed by atoms with E-state index in [1.807, 2.05) is 25.1 Å². The van der Waals surface area contributed by atoms with Gasteiger partial charge < -0.3 is 23.9 Å². The number of aryl methyl sites for hydroxylation is 1. The third-order valence-corrected chi connectivity index (χ3v) is 5.60. The molecule has 0 aliphatic heterocycles. The highest BCUT2D eigenvalue weighted by atomic mass is 35.5. The molecule has 1 heterocycles. The van der Waals surface area contributed by atoms with E-state index < -0.39 is 17.9 Å². The number of amides is 1. The Morgan fingerprint density at radius 1 is 1.03 bits per heavy atom. The highest BCUT2D eigenvalue weighted by Gasteiger charge is 2.20. The fourth-order valence-electron chi connectivity index (χ4n) is 3.44. The molecule has 3 aromatic carbocycles. The lowest BCUT2D eigenvalue weighted by atomic mass is 10.1. The highest BCUT2D eigenvalue weighted by Crippen LogP contribution is 2.33. The molecule has 4 rings (SSSR count). The van der Waals surface area contributed by atoms with Crippen LogP contribution in [0.25, 0.3) is 22.3 Å². The van der Waals surface area contributed by atoms with Gasteiger partial charge in [0, 0.05) is 16.7 Å². The molecule has 8 heteroatoms. The number of halogens is 1. The molecular formula is C26H22ClNO6. The summed E-state index contributed by atoms with van der Waals surface area (Å²) in [5.41, 5.74) is 1.81. The van der Waals surface area contributed by atoms with Crippen LogP contribution in [0.15, 0.2) is 69.9 Å². The molecule has 0 spiro atoms. The summed E-state index contributed by atoms with van der Waals surface area (Å²) >= 11 is 6.23. The van der Waals surface area contributed by atoms with Gasteiger partial charge in [-0.2, -0.15) is 0 Å². The van der Waals surface area contributed by atoms with Gasteiger partial charge in [-0.1, -0.05) is 41.9 Å². The molecule has 0 atom stereocenters. The van der Waals surface area contributed by atoms with Crippen molar-refractivity contribution >= 4 is 34.2 Å². The Kier molecular flexibility index (Phi) is 6.75. The smallest absolute Gasteiger partial charge is 0.262 e. The third kappa shape index (κ3) is 4.70. The molecular weight excluding hydrogens is 458 g/mol. The fourth-order valence-corrected chi connectivity index (χ4v) is 3.60. The van der Waals surface area contributed by atoms with Gasteiger partial charge in [0.1, 0.15) is 17.1 Å². The summed E-state index contributed by atoms with van der Waals surface area (Å²) in [7, 11) is 3.02. The number of carbonyl (C=O) groups is 1. The lowest BCUT2D eigenvalue weighted by molar-refractivity contribution is -0.118. The first-order valence-corrected chi connectivity index (χ1v) is 10.8. The largest absolute Gasteiger partial charge is 0.497 e. The Hall–Kier alpha value is -3.97. The molecule has 7 nitrogen and oxygen atoms in total. The Morgan fingerprint density at radius 3 is 2.50 bits per heavy atom. The zero-order chi connectivity index (χ0) is 24.2. The summed E-state index contributed by atoms with van der Waals surface area (Å²) in [4.78, 5) is 26.0. The Balaban J connectivity index is 1.67. The minimum Gasteiger partial charge on any atom is -0.497 e. The molecule has 0 saturated heterocycles. The first kappa shape index (κ1) is 23.2. The van der Waals surface area contributed by atoms with Gasteiger partial charge in [-0.3, -0.25) is 9.59 Å². The van der Waals surface area contributed by atoms with Crippen LogP contribution in [0, 0.1) is 6.92 Å². The van der Waals surface area contributed by atoms with E-state index in [9.17, 15) is 9.59 Å². The van der Waals surface area contributed by atoms with Gasteiger partial charge >= 0.3 is 0 Å². The standard InChI is InChI=1S/C26H22ClNO6/c1-15-11-21-18(13-19(15)27)24(30)26(25(34-21)16-7-5-4-6-8-16)33-14-23(29)28-20-10-9-17(31-2)12-22(20)32-3/h4-13H,14H2,1-3H3,(H,28,29). The first-order chi connectivity index (χ1) is 16.4. The number of hydrogen-bond donors (Lipinski definition) is 1. The second-order valence-corrected chi connectivity index (χ2v) is 7.86. The van der Waals surface area contributed by atoms with Crippen molar-refractivity contribution in [1.82, 2.24) is 0 Å². The van der Waals surface area contributed by atoms with E-state index in [0.717, 1.165) is 5.56 Å². The molecule has 4 aromatic rings. The monoisotopic (exact) mass is 479 g/mol. The molecule has 174 valence electrons. The topological polar surface area (TPSA) is 87.0 Å². The summed E-state index contributed by atoms with van der Waals surface area (Å²) in [6.07, 6.45) is 0. The van der Waals surface area contributed by atoms with E-state index in [1.54, 1.807) is 42.5 Å². The van der Waals surface area contributed by atoms with Gasteiger partial charge in [0.2, 0.25) is 11.2 Å². The average molecular weight is 480 g/mol. The third-order valence-electron chi connectivity index (χ3n) is 5.20. The number of rotatable bonds is 7. The van der Waals surface area contributed by atoms with Gasteiger partial charge in [0.15, 0.2) is 12.4 Å². The van der Waals surface area contributed by atoms with Crippen molar-refractivity contribution in [3.8, 4) is 28.6 Å². The maximum atomic E-state index is 13.3. The van der Waals surface area contributed by atoms with Crippen LogP contribution in [0.3, 0.4) is 0 Å². The summed E-state index contributed by atoms with van der Waals surface area (Å²) < 4.78 is 22.3. The van der Waals surface area contributed by atoms with Crippen LogP contribution in [-0.2, 0) is 4.79 Å². The molecule has 0 radical (unpaired) electrons. The van der Waals surface area contributed by atoms with Crippen LogP contribution in [0.1, 0.15) is 5.56 Å². The van der Waals surface area contributed by atoms with Crippen molar-refractivity contribution in [1.29, 1.82) is 0 Å². The molecule has 0 saturated carbocycles. The van der Waals surface area contributed by atoms with Gasteiger partial charge in [0.25, 0.3) is 5.91 Å². The van der Waals surface area contributed by atoms with Crippen LogP contribution in [-0.4, -0.2) is 26.7 Å². The number of ether oxygens (including phenoxy) is 3. The quantitative estimate of drug-likeness (QED) is 0.379. The van der Waals surface area contributed by atoms with Gasteiger partial charge in [-0.05, 0) is 36.8 Å². The summed E-state index contributed by atoms with van der Waals surface area (Å²) in [6.45, 7) is 1.40. The molecule has 1 amide bonds. The fraction of sp³-hybridized carbons (Fsp3) is 0.154. The average Bonchev–Trinajstić information content (AvgIpc) is 2.85. The molecule has 0 aliphatic carbocycles. The normalized spacial score (nSPS) is 10.7. The molecule has 0 aliphatic rings. The highest BCUT2D eigenvalue weighted by molar-refractivity contribution is 6.32. The van der Waals surface area contributed by atoms with E-state index in [4.69, 9.17) is 30.2 Å². The minimum absolute atomic E-state index is 0.0736. The van der Waals surface area contributed by atoms with Crippen molar-refractivity contribution in [3.63, 3.8) is 0 Å². The van der Waals surface area contributed by atoms with E-state index in [0.29, 0.717) is 33.4 Å². The molecule has 0 fully saturated rings. The van der Waals surface area contributed by atoms with Crippen molar-refractivity contribution in [2.45, 2.75) is 6.92 Å². The maximum Gasteiger partial charge on any atom is 0.262 e. The van der Waals surface area contributed by atoms with Gasteiger partial charge in [-0.15, -0.1) is 0 Å². The first-order valence-electron chi connectivity index (χ1n) is 10.4. The number of methoxy groups -OCH3 is 2. The second-order valence-electron chi connectivity index (χ2n) is 7.46. The molecule has 0 unspecified atom stereocenters. The number of anilines is 1. The van der Waals surface area contributed by atoms with E-state index in [-0.39, 0.29) is 16.9 Å². The van der Waals surface area contributed by atoms with Crippen LogP contribution in [0.4, 0.5) is 5.69 Å². The van der Waals surface area contributed by atoms with E-state index >= 15 is 0 Å². The molecule has 0 bridgehead atoms. The summed E-state index contributed by atoms with van der Waals surface area (Å²) in [5.74, 6) is 0.684. The lowest BCUT2D eigenvalue weighted by Crippen LogP contribution is -2.23. The summed E-state index contributed by atoms with van der Waals surface area (Å²) in [5, 5.41) is 3.42. The van der Waals surface area contributed by atoms with Crippen LogP contribution in [0.5, 0.6) is 17.2 Å². The lowest BCUT2D eigenvalue weighted by Gasteiger charge is -2.14. The van der Waals surface area contributed by atoms with Gasteiger partial charge in [-0.25, -0.2) is 0 Å². The van der Waals surface area contributed by atoms with Crippen molar-refractivity contribution in [2.24, 2.45) is 0 Å². The number of benzene rings is 3. The zero-order valence-corrected chi connectivity index (χ0v) is 19.6. The summed E-state index contributed by atoms with van der Waals surface area (Å²) in [6, 6.07) is 17.3. The Bertz CT molecular complexity index is 1410. The van der Waals surface area contributed by atoms with E-state index in [1.165, 1.54) is 14.2 Å². The van der Waals surface area contributed by atoms with Crippen molar-refractivity contribution in [2.75, 3.05) is 26.1 Å². The maximum absolute atomic E-state index is 13.3. The van der Waals surface area contributed by atoms with Crippen molar-refractivity contribution < 1.29 is 23.4 Å². The number of fused-ring (bicyclic) bond motifs is 1. The van der Waals surface area contributed by atoms with Crippen molar-refractivity contribution in [3.05, 3.63) is 81.5 Å². The Labute approximate surface area is 200 Å². The molecule has 34 heavy (non-hydrogen) atoms. The minimum atomic E-state index is -0.482.